The van der Waals surface area contributed by atoms with E-state index in [1.165, 1.54) is 4.88 Å². The van der Waals surface area contributed by atoms with Crippen LogP contribution >= 0.6 is 11.3 Å². The predicted molar refractivity (Wildman–Crippen MR) is 122 cm³/mol. The largest absolute Gasteiger partial charge is 0.497 e. The summed E-state index contributed by atoms with van der Waals surface area (Å²) in [6, 6.07) is 11.6. The van der Waals surface area contributed by atoms with Gasteiger partial charge in [0.15, 0.2) is 0 Å². The number of methoxy groups -OCH3 is 1. The van der Waals surface area contributed by atoms with Gasteiger partial charge in [-0.05, 0) is 43.0 Å². The maximum atomic E-state index is 9.55. The van der Waals surface area contributed by atoms with Crippen molar-refractivity contribution in [1.82, 2.24) is 0 Å². The Balaban J connectivity index is 0.000000547. The quantitative estimate of drug-likeness (QED) is 0.254. The van der Waals surface area contributed by atoms with Crippen molar-refractivity contribution in [3.05, 3.63) is 58.3 Å². The van der Waals surface area contributed by atoms with Gasteiger partial charge in [-0.15, -0.1) is 11.3 Å². The van der Waals surface area contributed by atoms with Gasteiger partial charge in [0.2, 0.25) is 0 Å². The molecule has 0 bridgehead atoms. The number of ether oxygens (including phenoxy) is 2. The molecule has 2 aromatic rings. The van der Waals surface area contributed by atoms with Gasteiger partial charge in [0.05, 0.1) is 12.0 Å². The number of carboxylic acids is 2. The maximum absolute atomic E-state index is 9.55. The molecule has 0 saturated carbocycles. The van der Waals surface area contributed by atoms with Crippen LogP contribution < -0.4 is 15.2 Å². The Kier molecular flexibility index (Phi) is 12.2. The average Bonchev–Trinajstić information content (AvgIpc) is 3.22. The van der Waals surface area contributed by atoms with Gasteiger partial charge in [0, 0.05) is 23.1 Å². The van der Waals surface area contributed by atoms with Crippen LogP contribution in [-0.4, -0.2) is 47.2 Å². The number of hydrogen-bond acceptors (Lipinski definition) is 7. The summed E-state index contributed by atoms with van der Waals surface area (Å²) in [4.78, 5) is 21.4. The molecule has 0 aliphatic carbocycles. The number of nitrogens with two attached hydrogens (primary N) is 1. The van der Waals surface area contributed by atoms with Gasteiger partial charge < -0.3 is 30.5 Å². The Morgan fingerprint density at radius 2 is 1.81 bits per heavy atom. The van der Waals surface area contributed by atoms with Crippen molar-refractivity contribution in [2.45, 2.75) is 26.0 Å². The molecule has 0 spiro atoms. The fourth-order valence-electron chi connectivity index (χ4n) is 2.20. The zero-order valence-electron chi connectivity index (χ0n) is 17.9. The van der Waals surface area contributed by atoms with Gasteiger partial charge in [0.25, 0.3) is 0 Å². The van der Waals surface area contributed by atoms with E-state index in [1.807, 2.05) is 37.3 Å². The van der Waals surface area contributed by atoms with E-state index in [0.29, 0.717) is 18.8 Å². The van der Waals surface area contributed by atoms with E-state index in [2.05, 4.69) is 17.9 Å². The van der Waals surface area contributed by atoms with Gasteiger partial charge >= 0.3 is 11.9 Å². The normalized spacial score (nSPS) is 12.0. The van der Waals surface area contributed by atoms with Crippen LogP contribution in [0.4, 0.5) is 0 Å². The summed E-state index contributed by atoms with van der Waals surface area (Å²) < 4.78 is 10.7. The van der Waals surface area contributed by atoms with Gasteiger partial charge in [0.1, 0.15) is 24.3 Å². The standard InChI is InChI=1S/C19H23NO3S.C4H4O4/c1-14(19(20)21)8-9-18-11-10-17(24-18)7-4-12-23-16-6-3-5-15(13-16)22-2;5-3(6)1-2-4(7)8/h3,5-6,10-11,13-14,19,21H,8-9,12,20H2,1-2H3;1-2H,(H,5,6)(H,7,8)/b;2-1-/t14-,19?;/m1./s1. The van der Waals surface area contributed by atoms with E-state index in [1.54, 1.807) is 18.4 Å². The van der Waals surface area contributed by atoms with E-state index in [0.717, 1.165) is 29.2 Å². The lowest BCUT2D eigenvalue weighted by atomic mass is 10.0. The predicted octanol–water partition coefficient (Wildman–Crippen LogP) is 2.74. The van der Waals surface area contributed by atoms with Gasteiger partial charge in [-0.1, -0.05) is 24.8 Å². The molecule has 0 radical (unpaired) electrons. The topological polar surface area (TPSA) is 139 Å². The van der Waals surface area contributed by atoms with Crippen molar-refractivity contribution in [2.75, 3.05) is 13.7 Å². The van der Waals surface area contributed by atoms with Gasteiger partial charge in [-0.25, -0.2) is 9.59 Å². The highest BCUT2D eigenvalue weighted by Gasteiger charge is 2.09. The van der Waals surface area contributed by atoms with Crippen LogP contribution in [0.1, 0.15) is 23.1 Å². The third-order valence-electron chi connectivity index (χ3n) is 4.02. The molecule has 9 heteroatoms. The van der Waals surface area contributed by atoms with Crippen LogP contribution in [0.2, 0.25) is 0 Å². The fraction of sp³-hybridized carbons (Fsp3) is 0.304. The summed E-state index contributed by atoms with van der Waals surface area (Å²) in [7, 11) is 1.63. The molecule has 0 fully saturated rings. The molecule has 32 heavy (non-hydrogen) atoms. The molecule has 8 nitrogen and oxygen atoms in total. The van der Waals surface area contributed by atoms with Crippen LogP contribution in [0.5, 0.6) is 11.5 Å². The van der Waals surface area contributed by atoms with Crippen molar-refractivity contribution < 1.29 is 34.4 Å². The van der Waals surface area contributed by atoms with E-state index in [9.17, 15) is 14.7 Å². The molecule has 1 aromatic heterocycles. The van der Waals surface area contributed by atoms with Crippen LogP contribution in [0.3, 0.4) is 0 Å². The van der Waals surface area contributed by atoms with Crippen LogP contribution in [0.15, 0.2) is 48.6 Å². The number of rotatable bonds is 9. The lowest BCUT2D eigenvalue weighted by Gasteiger charge is -2.12. The van der Waals surface area contributed by atoms with Crippen LogP contribution in [-0.2, 0) is 16.0 Å². The van der Waals surface area contributed by atoms with Crippen molar-refractivity contribution >= 4 is 23.3 Å². The first-order chi connectivity index (χ1) is 15.2. The third-order valence-corrected chi connectivity index (χ3v) is 5.08. The highest BCUT2D eigenvalue weighted by Crippen LogP contribution is 2.20. The number of hydrogen-bond donors (Lipinski definition) is 4. The Morgan fingerprint density at radius 3 is 2.41 bits per heavy atom. The highest BCUT2D eigenvalue weighted by molar-refractivity contribution is 7.12. The minimum atomic E-state index is -1.26. The van der Waals surface area contributed by atoms with Crippen LogP contribution in [0, 0.1) is 17.8 Å². The highest BCUT2D eigenvalue weighted by atomic mass is 32.1. The third kappa shape index (κ3) is 11.8. The summed E-state index contributed by atoms with van der Waals surface area (Å²) in [5.41, 5.74) is 5.47. The van der Waals surface area contributed by atoms with E-state index in [-0.39, 0.29) is 5.92 Å². The monoisotopic (exact) mass is 461 g/mol. The summed E-state index contributed by atoms with van der Waals surface area (Å²) >= 11 is 1.67. The lowest BCUT2D eigenvalue weighted by Crippen LogP contribution is -2.27. The first-order valence-corrected chi connectivity index (χ1v) is 10.4. The van der Waals surface area contributed by atoms with Crippen molar-refractivity contribution in [3.63, 3.8) is 0 Å². The average molecular weight is 462 g/mol. The summed E-state index contributed by atoms with van der Waals surface area (Å²) in [6.07, 6.45) is 2.13. The second-order valence-corrected chi connectivity index (χ2v) is 7.72. The molecule has 2 rings (SSSR count). The Hall–Kier alpha value is -3.32. The second kappa shape index (κ2) is 14.6. The number of carbonyl (C=O) groups is 2. The molecule has 172 valence electrons. The number of aryl methyl sites for hydroxylation is 1. The minimum Gasteiger partial charge on any atom is -0.497 e. The minimum absolute atomic E-state index is 0.0953. The molecule has 0 aliphatic heterocycles. The number of aliphatic carboxylic acids is 2. The first-order valence-electron chi connectivity index (χ1n) is 9.63. The first kappa shape index (κ1) is 26.7. The molecular weight excluding hydrogens is 434 g/mol. The molecule has 0 amide bonds. The molecule has 0 saturated heterocycles. The molecule has 1 heterocycles. The van der Waals surface area contributed by atoms with E-state index >= 15 is 0 Å². The molecule has 0 aliphatic rings. The Bertz CT molecular complexity index is 940. The maximum Gasteiger partial charge on any atom is 0.328 e. The van der Waals surface area contributed by atoms with Crippen molar-refractivity contribution in [2.24, 2.45) is 11.7 Å². The number of aliphatic hydroxyl groups excluding tert-OH is 1. The number of thiophene rings is 1. The molecule has 1 aromatic carbocycles. The summed E-state index contributed by atoms with van der Waals surface area (Å²) in [6.45, 7) is 2.28. The number of aliphatic hydroxyl groups is 1. The molecule has 2 atom stereocenters. The smallest absolute Gasteiger partial charge is 0.328 e. The zero-order valence-corrected chi connectivity index (χ0v) is 18.7. The summed E-state index contributed by atoms with van der Waals surface area (Å²) in [5, 5.41) is 24.9. The molecular formula is C23H27NO7S. The Morgan fingerprint density at radius 1 is 1.16 bits per heavy atom. The zero-order chi connectivity index (χ0) is 23.9. The van der Waals surface area contributed by atoms with E-state index < -0.39 is 18.2 Å². The summed E-state index contributed by atoms with van der Waals surface area (Å²) in [5.74, 6) is 5.22. The lowest BCUT2D eigenvalue weighted by molar-refractivity contribution is -0.134. The van der Waals surface area contributed by atoms with Crippen LogP contribution in [0.25, 0.3) is 0 Å². The number of benzene rings is 1. The van der Waals surface area contributed by atoms with Gasteiger partial charge in [-0.2, -0.15) is 0 Å². The van der Waals surface area contributed by atoms with Gasteiger partial charge in [-0.3, -0.25) is 0 Å². The SMILES string of the molecule is COc1cccc(OCC#Cc2ccc(CC[C@@H](C)C(N)O)s2)c1.O=C(O)/C=C\C(=O)O. The fourth-order valence-corrected chi connectivity index (χ4v) is 3.09. The van der Waals surface area contributed by atoms with E-state index in [4.69, 9.17) is 25.4 Å². The molecule has 5 N–H and O–H groups in total. The molecule has 1 unspecified atom stereocenters. The number of carboxylic acid groups (broad SMARTS) is 2. The van der Waals surface area contributed by atoms with Crippen molar-refractivity contribution in [3.8, 4) is 23.3 Å². The van der Waals surface area contributed by atoms with Crippen molar-refractivity contribution in [1.29, 1.82) is 0 Å². The second-order valence-electron chi connectivity index (χ2n) is 6.55. The Labute approximate surface area is 190 Å².